The standard InChI is InChI=1S/C12H13F2N/c1-2-3-4-5-12(15)10-7-6-9(13)8-11(10)14/h1,6-8,12H,3-5,15H2. The highest BCUT2D eigenvalue weighted by Crippen LogP contribution is 2.20. The van der Waals surface area contributed by atoms with Gasteiger partial charge in [-0.1, -0.05) is 6.07 Å². The molecule has 0 spiro atoms. The lowest BCUT2D eigenvalue weighted by molar-refractivity contribution is 0.537. The average molecular weight is 209 g/mol. The summed E-state index contributed by atoms with van der Waals surface area (Å²) in [7, 11) is 0. The van der Waals surface area contributed by atoms with Crippen molar-refractivity contribution in [2.45, 2.75) is 25.3 Å². The first-order valence-electron chi connectivity index (χ1n) is 4.79. The predicted octanol–water partition coefficient (Wildman–Crippen LogP) is 2.77. The first-order valence-corrected chi connectivity index (χ1v) is 4.79. The third kappa shape index (κ3) is 3.34. The van der Waals surface area contributed by atoms with E-state index in [0.717, 1.165) is 12.5 Å². The molecular formula is C12H13F2N. The Balaban J connectivity index is 2.66. The lowest BCUT2D eigenvalue weighted by Gasteiger charge is -2.11. The molecule has 1 nitrogen and oxygen atoms in total. The molecule has 1 rings (SSSR count). The average Bonchev–Trinajstić information content (AvgIpc) is 2.17. The van der Waals surface area contributed by atoms with E-state index in [1.165, 1.54) is 12.1 Å². The number of halogens is 2. The summed E-state index contributed by atoms with van der Waals surface area (Å²) in [5.74, 6) is 1.30. The third-order valence-corrected chi connectivity index (χ3v) is 2.20. The van der Waals surface area contributed by atoms with Crippen LogP contribution in [-0.4, -0.2) is 0 Å². The van der Waals surface area contributed by atoms with Gasteiger partial charge in [0.15, 0.2) is 0 Å². The minimum absolute atomic E-state index is 0.341. The molecule has 1 aromatic rings. The van der Waals surface area contributed by atoms with E-state index in [1.54, 1.807) is 0 Å². The number of benzene rings is 1. The Kier molecular flexibility index (Phi) is 4.26. The van der Waals surface area contributed by atoms with Crippen molar-refractivity contribution in [1.82, 2.24) is 0 Å². The second kappa shape index (κ2) is 5.47. The molecule has 0 heterocycles. The number of unbranched alkanes of at least 4 members (excludes halogenated alkanes) is 1. The molecule has 0 saturated heterocycles. The first-order chi connectivity index (χ1) is 7.15. The fourth-order valence-corrected chi connectivity index (χ4v) is 1.38. The van der Waals surface area contributed by atoms with Crippen molar-refractivity contribution >= 4 is 0 Å². The highest BCUT2D eigenvalue weighted by atomic mass is 19.1. The summed E-state index contributed by atoms with van der Waals surface area (Å²) in [5, 5.41) is 0. The monoisotopic (exact) mass is 209 g/mol. The summed E-state index contributed by atoms with van der Waals surface area (Å²) in [5.41, 5.74) is 6.10. The van der Waals surface area contributed by atoms with E-state index in [9.17, 15) is 8.78 Å². The molecule has 0 amide bonds. The van der Waals surface area contributed by atoms with Crippen molar-refractivity contribution in [3.05, 3.63) is 35.4 Å². The number of terminal acetylenes is 1. The molecule has 0 aliphatic rings. The summed E-state index contributed by atoms with van der Waals surface area (Å²) in [4.78, 5) is 0. The zero-order valence-electron chi connectivity index (χ0n) is 8.34. The summed E-state index contributed by atoms with van der Waals surface area (Å²) in [6.45, 7) is 0. The number of nitrogens with two attached hydrogens (primary N) is 1. The van der Waals surface area contributed by atoms with Gasteiger partial charge in [-0.05, 0) is 18.9 Å². The Labute approximate surface area is 88.3 Å². The van der Waals surface area contributed by atoms with E-state index in [1.807, 2.05) is 0 Å². The van der Waals surface area contributed by atoms with Gasteiger partial charge in [-0.25, -0.2) is 8.78 Å². The molecule has 0 aromatic heterocycles. The van der Waals surface area contributed by atoms with E-state index < -0.39 is 17.7 Å². The molecule has 15 heavy (non-hydrogen) atoms. The molecule has 2 N–H and O–H groups in total. The van der Waals surface area contributed by atoms with Gasteiger partial charge in [-0.2, -0.15) is 0 Å². The highest BCUT2D eigenvalue weighted by Gasteiger charge is 2.11. The summed E-state index contributed by atoms with van der Waals surface area (Å²) < 4.78 is 25.9. The second-order valence-corrected chi connectivity index (χ2v) is 3.37. The SMILES string of the molecule is C#CCCCC(N)c1ccc(F)cc1F. The lowest BCUT2D eigenvalue weighted by atomic mass is 10.0. The van der Waals surface area contributed by atoms with Gasteiger partial charge in [0.05, 0.1) is 0 Å². The molecule has 0 aliphatic carbocycles. The molecule has 80 valence electrons. The highest BCUT2D eigenvalue weighted by molar-refractivity contribution is 5.21. The van der Waals surface area contributed by atoms with Crippen LogP contribution in [0, 0.1) is 24.0 Å². The second-order valence-electron chi connectivity index (χ2n) is 3.37. The minimum atomic E-state index is -0.594. The van der Waals surface area contributed by atoms with Gasteiger partial charge in [0.1, 0.15) is 11.6 Å². The third-order valence-electron chi connectivity index (χ3n) is 2.20. The largest absolute Gasteiger partial charge is 0.324 e. The van der Waals surface area contributed by atoms with Crippen molar-refractivity contribution in [2.24, 2.45) is 5.73 Å². The van der Waals surface area contributed by atoms with Crippen LogP contribution in [0.15, 0.2) is 18.2 Å². The van der Waals surface area contributed by atoms with Crippen LogP contribution in [0.25, 0.3) is 0 Å². The number of rotatable bonds is 4. The number of hydrogen-bond acceptors (Lipinski definition) is 1. The fraction of sp³-hybridized carbons (Fsp3) is 0.333. The Morgan fingerprint density at radius 2 is 2.13 bits per heavy atom. The molecule has 1 unspecified atom stereocenters. The van der Waals surface area contributed by atoms with Crippen LogP contribution in [-0.2, 0) is 0 Å². The Morgan fingerprint density at radius 1 is 1.40 bits per heavy atom. The van der Waals surface area contributed by atoms with Crippen molar-refractivity contribution in [3.8, 4) is 12.3 Å². The van der Waals surface area contributed by atoms with Gasteiger partial charge >= 0.3 is 0 Å². The summed E-state index contributed by atoms with van der Waals surface area (Å²) >= 11 is 0. The van der Waals surface area contributed by atoms with E-state index in [4.69, 9.17) is 12.2 Å². The van der Waals surface area contributed by atoms with Gasteiger partial charge in [-0.3, -0.25) is 0 Å². The molecule has 3 heteroatoms. The van der Waals surface area contributed by atoms with Gasteiger partial charge < -0.3 is 5.73 Å². The first kappa shape index (κ1) is 11.7. The van der Waals surface area contributed by atoms with Gasteiger partial charge in [0.25, 0.3) is 0 Å². The Hall–Kier alpha value is -1.40. The van der Waals surface area contributed by atoms with Crippen molar-refractivity contribution < 1.29 is 8.78 Å². The molecule has 0 radical (unpaired) electrons. The van der Waals surface area contributed by atoms with Crippen molar-refractivity contribution in [1.29, 1.82) is 0 Å². The van der Waals surface area contributed by atoms with Crippen LogP contribution < -0.4 is 5.73 Å². The van der Waals surface area contributed by atoms with Crippen LogP contribution in [0.3, 0.4) is 0 Å². The minimum Gasteiger partial charge on any atom is -0.324 e. The van der Waals surface area contributed by atoms with Crippen LogP contribution in [0.2, 0.25) is 0 Å². The van der Waals surface area contributed by atoms with Gasteiger partial charge in [0.2, 0.25) is 0 Å². The molecule has 0 aliphatic heterocycles. The topological polar surface area (TPSA) is 26.0 Å². The van der Waals surface area contributed by atoms with Crippen LogP contribution in [0.1, 0.15) is 30.9 Å². The maximum atomic E-state index is 13.2. The maximum Gasteiger partial charge on any atom is 0.130 e. The molecule has 1 aromatic carbocycles. The zero-order valence-corrected chi connectivity index (χ0v) is 8.34. The zero-order chi connectivity index (χ0) is 11.3. The Morgan fingerprint density at radius 3 is 2.73 bits per heavy atom. The van der Waals surface area contributed by atoms with Crippen LogP contribution >= 0.6 is 0 Å². The molecular weight excluding hydrogens is 196 g/mol. The van der Waals surface area contributed by atoms with E-state index in [-0.39, 0.29) is 0 Å². The molecule has 0 saturated carbocycles. The van der Waals surface area contributed by atoms with Crippen LogP contribution in [0.4, 0.5) is 8.78 Å². The Bertz CT molecular complexity index is 368. The van der Waals surface area contributed by atoms with Crippen molar-refractivity contribution in [3.63, 3.8) is 0 Å². The lowest BCUT2D eigenvalue weighted by Crippen LogP contribution is -2.12. The van der Waals surface area contributed by atoms with E-state index >= 15 is 0 Å². The quantitative estimate of drug-likeness (QED) is 0.599. The summed E-state index contributed by atoms with van der Waals surface area (Å²) in [6.07, 6.45) is 7.06. The van der Waals surface area contributed by atoms with Crippen molar-refractivity contribution in [2.75, 3.05) is 0 Å². The van der Waals surface area contributed by atoms with Gasteiger partial charge in [-0.15, -0.1) is 12.3 Å². The smallest absolute Gasteiger partial charge is 0.130 e. The van der Waals surface area contributed by atoms with E-state index in [0.29, 0.717) is 18.4 Å². The predicted molar refractivity (Wildman–Crippen MR) is 56.0 cm³/mol. The fourth-order valence-electron chi connectivity index (χ4n) is 1.38. The van der Waals surface area contributed by atoms with Gasteiger partial charge in [0, 0.05) is 24.1 Å². The van der Waals surface area contributed by atoms with Crippen LogP contribution in [0.5, 0.6) is 0 Å². The summed E-state index contributed by atoms with van der Waals surface area (Å²) in [6, 6.07) is 3.01. The molecule has 0 fully saturated rings. The normalized spacial score (nSPS) is 12.1. The molecule has 0 bridgehead atoms. The maximum absolute atomic E-state index is 13.2. The van der Waals surface area contributed by atoms with E-state index in [2.05, 4.69) is 5.92 Å². The number of hydrogen-bond donors (Lipinski definition) is 1. The molecule has 1 atom stereocenters.